The molecule has 1 aliphatic heterocycles. The van der Waals surface area contributed by atoms with E-state index in [0.717, 1.165) is 35.5 Å². The Hall–Kier alpha value is -3.19. The highest BCUT2D eigenvalue weighted by atomic mass is 16.5. The first-order valence-corrected chi connectivity index (χ1v) is 10.1. The average Bonchev–Trinajstić information content (AvgIpc) is 3.23. The van der Waals surface area contributed by atoms with E-state index < -0.39 is 0 Å². The van der Waals surface area contributed by atoms with E-state index in [0.29, 0.717) is 37.8 Å². The molecule has 0 bridgehead atoms. The molecule has 1 amide bonds. The van der Waals surface area contributed by atoms with Crippen LogP contribution in [-0.2, 0) is 17.8 Å². The van der Waals surface area contributed by atoms with Crippen molar-refractivity contribution in [2.45, 2.75) is 19.9 Å². The zero-order valence-corrected chi connectivity index (χ0v) is 17.4. The van der Waals surface area contributed by atoms with Gasteiger partial charge >= 0.3 is 0 Å². The summed E-state index contributed by atoms with van der Waals surface area (Å²) in [6, 6.07) is 15.7. The normalized spacial score (nSPS) is 14.7. The Morgan fingerprint density at radius 3 is 2.67 bits per heavy atom. The molecule has 0 saturated carbocycles. The Morgan fingerprint density at radius 2 is 1.90 bits per heavy atom. The third-order valence-electron chi connectivity index (χ3n) is 5.32. The summed E-state index contributed by atoms with van der Waals surface area (Å²) < 4.78 is 10.7. The van der Waals surface area contributed by atoms with Crippen molar-refractivity contribution in [3.8, 4) is 17.1 Å². The van der Waals surface area contributed by atoms with Crippen molar-refractivity contribution in [3.63, 3.8) is 0 Å². The number of carbonyl (C=O) groups excluding carboxylic acids is 1. The summed E-state index contributed by atoms with van der Waals surface area (Å²) in [7, 11) is 1.63. The number of hydrogen-bond acceptors (Lipinski definition) is 6. The van der Waals surface area contributed by atoms with E-state index in [1.165, 1.54) is 0 Å². The molecule has 0 unspecified atom stereocenters. The summed E-state index contributed by atoms with van der Waals surface area (Å²) in [6.07, 6.45) is 0.390. The van der Waals surface area contributed by atoms with Gasteiger partial charge in [-0.2, -0.15) is 4.98 Å². The van der Waals surface area contributed by atoms with E-state index in [1.807, 2.05) is 60.4 Å². The summed E-state index contributed by atoms with van der Waals surface area (Å²) >= 11 is 0. The molecule has 7 heteroatoms. The van der Waals surface area contributed by atoms with Gasteiger partial charge in [-0.05, 0) is 30.7 Å². The second-order valence-corrected chi connectivity index (χ2v) is 7.57. The fourth-order valence-corrected chi connectivity index (χ4v) is 3.64. The minimum absolute atomic E-state index is 0.141. The number of carbonyl (C=O) groups is 1. The number of amides is 1. The number of ether oxygens (including phenoxy) is 1. The minimum Gasteiger partial charge on any atom is -0.497 e. The van der Waals surface area contributed by atoms with Gasteiger partial charge in [0.15, 0.2) is 0 Å². The SMILES string of the molecule is COc1cccc(CC(=O)N2CCN(Cc3nc(-c4cccc(C)c4)no3)CC2)c1. The molecule has 2 heterocycles. The van der Waals surface area contributed by atoms with E-state index in [2.05, 4.69) is 15.0 Å². The molecule has 0 radical (unpaired) electrons. The lowest BCUT2D eigenvalue weighted by atomic mass is 10.1. The number of aromatic nitrogens is 2. The lowest BCUT2D eigenvalue weighted by Crippen LogP contribution is -2.48. The molecular weight excluding hydrogens is 380 g/mol. The van der Waals surface area contributed by atoms with Gasteiger partial charge in [0, 0.05) is 31.7 Å². The lowest BCUT2D eigenvalue weighted by molar-refractivity contribution is -0.132. The summed E-state index contributed by atoms with van der Waals surface area (Å²) in [5.41, 5.74) is 3.09. The molecule has 0 aliphatic carbocycles. The van der Waals surface area contributed by atoms with Crippen molar-refractivity contribution in [1.29, 1.82) is 0 Å². The van der Waals surface area contributed by atoms with Crippen LogP contribution in [-0.4, -0.2) is 59.1 Å². The predicted molar refractivity (Wildman–Crippen MR) is 113 cm³/mol. The molecule has 0 spiro atoms. The molecule has 0 atom stereocenters. The van der Waals surface area contributed by atoms with E-state index in [4.69, 9.17) is 9.26 Å². The van der Waals surface area contributed by atoms with E-state index >= 15 is 0 Å². The van der Waals surface area contributed by atoms with Crippen LogP contribution in [0.15, 0.2) is 53.1 Å². The Bertz CT molecular complexity index is 1010. The molecule has 1 saturated heterocycles. The van der Waals surface area contributed by atoms with Crippen LogP contribution in [0.1, 0.15) is 17.0 Å². The largest absolute Gasteiger partial charge is 0.497 e. The van der Waals surface area contributed by atoms with E-state index in [9.17, 15) is 4.79 Å². The topological polar surface area (TPSA) is 71.7 Å². The lowest BCUT2D eigenvalue weighted by Gasteiger charge is -2.34. The summed E-state index contributed by atoms with van der Waals surface area (Å²) in [6.45, 7) is 5.59. The standard InChI is InChI=1S/C23H26N4O3/c1-17-5-3-7-19(13-17)23-24-21(30-25-23)16-26-9-11-27(12-10-26)22(28)15-18-6-4-8-20(14-18)29-2/h3-8,13-14H,9-12,15-16H2,1-2H3. The Morgan fingerprint density at radius 1 is 1.10 bits per heavy atom. The number of hydrogen-bond donors (Lipinski definition) is 0. The summed E-state index contributed by atoms with van der Waals surface area (Å²) in [5.74, 6) is 2.13. The third-order valence-corrected chi connectivity index (χ3v) is 5.32. The number of benzene rings is 2. The fourth-order valence-electron chi connectivity index (χ4n) is 3.64. The Balaban J connectivity index is 1.29. The van der Waals surface area contributed by atoms with Gasteiger partial charge in [-0.15, -0.1) is 0 Å². The number of nitrogens with zero attached hydrogens (tertiary/aromatic N) is 4. The quantitative estimate of drug-likeness (QED) is 0.627. The molecule has 0 N–H and O–H groups in total. The first-order chi connectivity index (χ1) is 14.6. The van der Waals surface area contributed by atoms with E-state index in [-0.39, 0.29) is 5.91 Å². The second-order valence-electron chi connectivity index (χ2n) is 7.57. The first-order valence-electron chi connectivity index (χ1n) is 10.1. The zero-order chi connectivity index (χ0) is 20.9. The van der Waals surface area contributed by atoms with Crippen molar-refractivity contribution in [3.05, 3.63) is 65.5 Å². The summed E-state index contributed by atoms with van der Waals surface area (Å²) in [5, 5.41) is 4.11. The third kappa shape index (κ3) is 4.86. The number of methoxy groups -OCH3 is 1. The molecule has 1 aliphatic rings. The molecule has 1 aromatic heterocycles. The molecule has 156 valence electrons. The maximum absolute atomic E-state index is 12.6. The van der Waals surface area contributed by atoms with Gasteiger partial charge in [0.2, 0.25) is 17.6 Å². The maximum Gasteiger partial charge on any atom is 0.241 e. The van der Waals surface area contributed by atoms with Crippen LogP contribution < -0.4 is 4.74 Å². The summed E-state index contributed by atoms with van der Waals surface area (Å²) in [4.78, 5) is 21.3. The molecule has 4 rings (SSSR count). The van der Waals surface area contributed by atoms with Gasteiger partial charge in [0.1, 0.15) is 5.75 Å². The fraction of sp³-hybridized carbons (Fsp3) is 0.348. The van der Waals surface area contributed by atoms with Crippen molar-refractivity contribution in [2.24, 2.45) is 0 Å². The van der Waals surface area contributed by atoms with Crippen LogP contribution in [0.4, 0.5) is 0 Å². The van der Waals surface area contributed by atoms with Gasteiger partial charge < -0.3 is 14.2 Å². The molecule has 7 nitrogen and oxygen atoms in total. The van der Waals surface area contributed by atoms with Gasteiger partial charge in [0.05, 0.1) is 20.1 Å². The van der Waals surface area contributed by atoms with Crippen LogP contribution in [0, 0.1) is 6.92 Å². The molecule has 2 aromatic carbocycles. The first kappa shape index (κ1) is 20.1. The van der Waals surface area contributed by atoms with Gasteiger partial charge in [0.25, 0.3) is 0 Å². The van der Waals surface area contributed by atoms with Gasteiger partial charge in [-0.3, -0.25) is 9.69 Å². The van der Waals surface area contributed by atoms with E-state index in [1.54, 1.807) is 7.11 Å². The van der Waals surface area contributed by atoms with Crippen molar-refractivity contribution < 1.29 is 14.1 Å². The van der Waals surface area contributed by atoms with Crippen molar-refractivity contribution >= 4 is 5.91 Å². The predicted octanol–water partition coefficient (Wildman–Crippen LogP) is 2.94. The number of piperazine rings is 1. The maximum atomic E-state index is 12.6. The highest BCUT2D eigenvalue weighted by Crippen LogP contribution is 2.18. The number of aryl methyl sites for hydroxylation is 1. The molecule has 30 heavy (non-hydrogen) atoms. The van der Waals surface area contributed by atoms with Crippen LogP contribution in [0.3, 0.4) is 0 Å². The second kappa shape index (κ2) is 9.09. The van der Waals surface area contributed by atoms with Crippen LogP contribution >= 0.6 is 0 Å². The van der Waals surface area contributed by atoms with Crippen LogP contribution in [0.25, 0.3) is 11.4 Å². The smallest absolute Gasteiger partial charge is 0.241 e. The molecule has 1 fully saturated rings. The highest BCUT2D eigenvalue weighted by Gasteiger charge is 2.23. The highest BCUT2D eigenvalue weighted by molar-refractivity contribution is 5.79. The average molecular weight is 406 g/mol. The van der Waals surface area contributed by atoms with Gasteiger partial charge in [-0.1, -0.05) is 41.1 Å². The van der Waals surface area contributed by atoms with Crippen molar-refractivity contribution in [2.75, 3.05) is 33.3 Å². The minimum atomic E-state index is 0.141. The molecule has 3 aromatic rings. The Labute approximate surface area is 176 Å². The zero-order valence-electron chi connectivity index (χ0n) is 17.4. The van der Waals surface area contributed by atoms with Crippen LogP contribution in [0.5, 0.6) is 5.75 Å². The van der Waals surface area contributed by atoms with Crippen molar-refractivity contribution in [1.82, 2.24) is 19.9 Å². The van der Waals surface area contributed by atoms with Crippen LogP contribution in [0.2, 0.25) is 0 Å². The molecular formula is C23H26N4O3. The number of rotatable bonds is 6. The Kier molecular flexibility index (Phi) is 6.09. The van der Waals surface area contributed by atoms with Gasteiger partial charge in [-0.25, -0.2) is 0 Å². The monoisotopic (exact) mass is 406 g/mol.